The first-order valence-electron chi connectivity index (χ1n) is 5.20. The van der Waals surface area contributed by atoms with Crippen molar-refractivity contribution < 1.29 is 4.42 Å². The fourth-order valence-corrected chi connectivity index (χ4v) is 1.74. The van der Waals surface area contributed by atoms with Gasteiger partial charge in [0.2, 0.25) is 5.89 Å². The molecule has 0 amide bonds. The summed E-state index contributed by atoms with van der Waals surface area (Å²) in [7, 11) is 0. The first kappa shape index (κ1) is 9.68. The summed E-state index contributed by atoms with van der Waals surface area (Å²) in [4.78, 5) is 4.16. The molecule has 4 heteroatoms. The van der Waals surface area contributed by atoms with Crippen molar-refractivity contribution in [1.29, 1.82) is 0 Å². The molecule has 4 nitrogen and oxygen atoms in total. The minimum Gasteiger partial charge on any atom is -0.445 e. The monoisotopic (exact) mass is 195 g/mol. The lowest BCUT2D eigenvalue weighted by atomic mass is 10.1. The molecule has 1 aliphatic rings. The van der Waals surface area contributed by atoms with Crippen molar-refractivity contribution >= 4 is 0 Å². The molecule has 0 radical (unpaired) electrons. The van der Waals surface area contributed by atoms with Crippen molar-refractivity contribution in [3.05, 3.63) is 17.8 Å². The second-order valence-electron chi connectivity index (χ2n) is 3.77. The lowest BCUT2D eigenvalue weighted by Gasteiger charge is -2.22. The van der Waals surface area contributed by atoms with E-state index in [1.807, 2.05) is 6.92 Å². The van der Waals surface area contributed by atoms with E-state index in [2.05, 4.69) is 15.6 Å². The average molecular weight is 195 g/mol. The van der Waals surface area contributed by atoms with E-state index in [1.54, 1.807) is 6.20 Å². The average Bonchev–Trinajstić information content (AvgIpc) is 2.63. The third-order valence-electron chi connectivity index (χ3n) is 2.55. The molecule has 0 atom stereocenters. The lowest BCUT2D eigenvalue weighted by Crippen LogP contribution is -2.39. The van der Waals surface area contributed by atoms with Gasteiger partial charge in [0.25, 0.3) is 0 Å². The molecule has 0 aromatic carbocycles. The summed E-state index contributed by atoms with van der Waals surface area (Å²) in [6.45, 7) is 4.89. The highest BCUT2D eigenvalue weighted by Gasteiger charge is 2.12. The highest BCUT2D eigenvalue weighted by Crippen LogP contribution is 2.05. The van der Waals surface area contributed by atoms with Crippen LogP contribution in [0.2, 0.25) is 0 Å². The third kappa shape index (κ3) is 2.56. The zero-order valence-electron chi connectivity index (χ0n) is 8.55. The minimum atomic E-state index is 0.614. The molecule has 78 valence electrons. The Kier molecular flexibility index (Phi) is 3.16. The molecule has 1 fully saturated rings. The Hall–Kier alpha value is -0.870. The van der Waals surface area contributed by atoms with Gasteiger partial charge in [0, 0.05) is 6.04 Å². The van der Waals surface area contributed by atoms with Crippen molar-refractivity contribution in [1.82, 2.24) is 15.6 Å². The molecule has 2 heterocycles. The van der Waals surface area contributed by atoms with Gasteiger partial charge >= 0.3 is 0 Å². The Labute approximate surface area is 84.1 Å². The molecule has 0 saturated carbocycles. The number of piperidine rings is 1. The summed E-state index contributed by atoms with van der Waals surface area (Å²) >= 11 is 0. The molecule has 1 aromatic rings. The number of hydrogen-bond donors (Lipinski definition) is 2. The topological polar surface area (TPSA) is 50.1 Å². The Morgan fingerprint density at radius 3 is 3.00 bits per heavy atom. The maximum Gasteiger partial charge on any atom is 0.208 e. The maximum absolute atomic E-state index is 5.39. The minimum absolute atomic E-state index is 0.614. The van der Waals surface area contributed by atoms with Crippen molar-refractivity contribution in [2.75, 3.05) is 13.1 Å². The highest BCUT2D eigenvalue weighted by molar-refractivity contribution is 4.90. The normalized spacial score (nSPS) is 18.6. The van der Waals surface area contributed by atoms with E-state index in [-0.39, 0.29) is 0 Å². The Balaban J connectivity index is 1.76. The van der Waals surface area contributed by atoms with Crippen LogP contribution >= 0.6 is 0 Å². The smallest absolute Gasteiger partial charge is 0.208 e. The van der Waals surface area contributed by atoms with Gasteiger partial charge in [-0.15, -0.1) is 0 Å². The number of aromatic nitrogens is 1. The van der Waals surface area contributed by atoms with E-state index in [0.29, 0.717) is 6.04 Å². The molecular formula is C10H17N3O. The number of rotatable bonds is 3. The molecule has 0 spiro atoms. The molecule has 2 rings (SSSR count). The van der Waals surface area contributed by atoms with Gasteiger partial charge in [-0.3, -0.25) is 0 Å². The zero-order valence-corrected chi connectivity index (χ0v) is 8.55. The largest absolute Gasteiger partial charge is 0.445 e. The first-order chi connectivity index (χ1) is 6.84. The molecule has 1 saturated heterocycles. The Morgan fingerprint density at radius 1 is 1.57 bits per heavy atom. The highest BCUT2D eigenvalue weighted by atomic mass is 16.4. The number of aryl methyl sites for hydroxylation is 1. The van der Waals surface area contributed by atoms with Crippen LogP contribution in [-0.4, -0.2) is 24.1 Å². The summed E-state index contributed by atoms with van der Waals surface area (Å²) in [6, 6.07) is 0.614. The number of nitrogens with zero attached hydrogens (tertiary/aromatic N) is 1. The van der Waals surface area contributed by atoms with Gasteiger partial charge in [0.05, 0.1) is 12.7 Å². The van der Waals surface area contributed by atoms with E-state index >= 15 is 0 Å². The van der Waals surface area contributed by atoms with Gasteiger partial charge in [-0.05, 0) is 32.9 Å². The van der Waals surface area contributed by atoms with E-state index in [9.17, 15) is 0 Å². The van der Waals surface area contributed by atoms with Gasteiger partial charge in [0.1, 0.15) is 5.76 Å². The van der Waals surface area contributed by atoms with Crippen molar-refractivity contribution in [2.45, 2.75) is 32.4 Å². The van der Waals surface area contributed by atoms with Crippen LogP contribution in [0.3, 0.4) is 0 Å². The van der Waals surface area contributed by atoms with E-state index < -0.39 is 0 Å². The quantitative estimate of drug-likeness (QED) is 0.750. The van der Waals surface area contributed by atoms with Crippen molar-refractivity contribution in [3.8, 4) is 0 Å². The van der Waals surface area contributed by atoms with Gasteiger partial charge < -0.3 is 15.1 Å². The molecule has 14 heavy (non-hydrogen) atoms. The van der Waals surface area contributed by atoms with Crippen LogP contribution < -0.4 is 10.6 Å². The lowest BCUT2D eigenvalue weighted by molar-refractivity contribution is 0.361. The van der Waals surface area contributed by atoms with Crippen LogP contribution in [0.4, 0.5) is 0 Å². The van der Waals surface area contributed by atoms with Crippen LogP contribution in [0.1, 0.15) is 24.5 Å². The van der Waals surface area contributed by atoms with Crippen LogP contribution in [-0.2, 0) is 6.54 Å². The predicted molar refractivity (Wildman–Crippen MR) is 54.0 cm³/mol. The predicted octanol–water partition coefficient (Wildman–Crippen LogP) is 0.825. The molecular weight excluding hydrogens is 178 g/mol. The molecule has 0 aliphatic carbocycles. The molecule has 1 aliphatic heterocycles. The zero-order chi connectivity index (χ0) is 9.80. The van der Waals surface area contributed by atoms with Crippen LogP contribution in [0.15, 0.2) is 10.6 Å². The van der Waals surface area contributed by atoms with Gasteiger partial charge in [-0.2, -0.15) is 0 Å². The van der Waals surface area contributed by atoms with Gasteiger partial charge in [-0.25, -0.2) is 4.98 Å². The van der Waals surface area contributed by atoms with Crippen LogP contribution in [0, 0.1) is 6.92 Å². The van der Waals surface area contributed by atoms with Crippen LogP contribution in [0.5, 0.6) is 0 Å². The fraction of sp³-hybridized carbons (Fsp3) is 0.700. The van der Waals surface area contributed by atoms with Crippen LogP contribution in [0.25, 0.3) is 0 Å². The summed E-state index contributed by atoms with van der Waals surface area (Å²) in [6.07, 6.45) is 4.15. The van der Waals surface area contributed by atoms with Gasteiger partial charge in [-0.1, -0.05) is 0 Å². The summed E-state index contributed by atoms with van der Waals surface area (Å²) in [5, 5.41) is 6.79. The summed E-state index contributed by atoms with van der Waals surface area (Å²) in [5.41, 5.74) is 0. The van der Waals surface area contributed by atoms with Crippen molar-refractivity contribution in [2.24, 2.45) is 0 Å². The van der Waals surface area contributed by atoms with Gasteiger partial charge in [0.15, 0.2) is 0 Å². The molecule has 0 unspecified atom stereocenters. The summed E-state index contributed by atoms with van der Waals surface area (Å²) in [5.74, 6) is 1.67. The third-order valence-corrected chi connectivity index (χ3v) is 2.55. The first-order valence-corrected chi connectivity index (χ1v) is 5.20. The number of oxazole rings is 1. The molecule has 1 aromatic heterocycles. The molecule has 0 bridgehead atoms. The van der Waals surface area contributed by atoms with E-state index in [0.717, 1.165) is 31.3 Å². The number of nitrogens with one attached hydrogen (secondary N) is 2. The second-order valence-corrected chi connectivity index (χ2v) is 3.77. The van der Waals surface area contributed by atoms with E-state index in [4.69, 9.17) is 4.42 Å². The van der Waals surface area contributed by atoms with Crippen molar-refractivity contribution in [3.63, 3.8) is 0 Å². The maximum atomic E-state index is 5.39. The number of hydrogen-bond acceptors (Lipinski definition) is 4. The standard InChI is InChI=1S/C10H17N3O/c1-8-6-13-10(14-8)7-12-9-2-4-11-5-3-9/h6,9,11-12H,2-5,7H2,1H3. The van der Waals surface area contributed by atoms with E-state index in [1.165, 1.54) is 12.8 Å². The SMILES string of the molecule is Cc1cnc(CNC2CCNCC2)o1. The summed E-state index contributed by atoms with van der Waals surface area (Å²) < 4.78 is 5.39. The Bertz CT molecular complexity index is 279. The fourth-order valence-electron chi connectivity index (χ4n) is 1.74. The molecule has 2 N–H and O–H groups in total. The Morgan fingerprint density at radius 2 is 2.36 bits per heavy atom. The second kappa shape index (κ2) is 4.57.